The molecule has 15 nitrogen and oxygen atoms in total. The highest BCUT2D eigenvalue weighted by molar-refractivity contribution is 8.00. The number of nitrogens with zero attached hydrogens (tertiary/aromatic N) is 2. The molecule has 0 saturated carbocycles. The summed E-state index contributed by atoms with van der Waals surface area (Å²) < 4.78 is 0. The second-order valence-electron chi connectivity index (χ2n) is 16.6. The number of carboxylic acids is 1. The summed E-state index contributed by atoms with van der Waals surface area (Å²) in [6, 6.07) is 6.02. The third kappa shape index (κ3) is 13.4. The van der Waals surface area contributed by atoms with Crippen LogP contribution in [0.5, 0.6) is 0 Å². The second kappa shape index (κ2) is 21.1. The van der Waals surface area contributed by atoms with Crippen molar-refractivity contribution in [2.45, 2.75) is 122 Å². The molecule has 1 fully saturated rings. The second-order valence-corrected chi connectivity index (χ2v) is 17.8. The van der Waals surface area contributed by atoms with Crippen LogP contribution in [-0.4, -0.2) is 130 Å². The van der Waals surface area contributed by atoms with Gasteiger partial charge >= 0.3 is 5.97 Å². The van der Waals surface area contributed by atoms with Gasteiger partial charge in [-0.25, -0.2) is 0 Å². The van der Waals surface area contributed by atoms with E-state index in [1.165, 1.54) is 23.6 Å². The fraction of sp³-hybridized carbons (Fsp3) is 0.650. The molecule has 56 heavy (non-hydrogen) atoms. The van der Waals surface area contributed by atoms with Crippen LogP contribution in [0.1, 0.15) is 80.7 Å². The molecule has 3 unspecified atom stereocenters. The molecule has 0 bridgehead atoms. The number of nitrogens with two attached hydrogens (primary N) is 1. The first-order valence-electron chi connectivity index (χ1n) is 19.1. The number of rotatable bonds is 21. The maximum Gasteiger partial charge on any atom is 0.305 e. The van der Waals surface area contributed by atoms with Crippen LogP contribution in [0.3, 0.4) is 0 Å². The first kappa shape index (κ1) is 48.3. The molecular formula is C40H65N7O8S. The predicted octanol–water partition coefficient (Wildman–Crippen LogP) is 1.59. The zero-order valence-electron chi connectivity index (χ0n) is 34.8. The Bertz CT molecular complexity index is 1560. The third-order valence-corrected chi connectivity index (χ3v) is 11.5. The molecule has 1 aromatic rings. The van der Waals surface area contributed by atoms with Gasteiger partial charge in [-0.15, -0.1) is 11.8 Å². The van der Waals surface area contributed by atoms with Crippen molar-refractivity contribution in [3.05, 3.63) is 47.5 Å². The Morgan fingerprint density at radius 3 is 2.16 bits per heavy atom. The summed E-state index contributed by atoms with van der Waals surface area (Å²) in [5, 5.41) is 31.4. The molecule has 1 saturated heterocycles. The largest absolute Gasteiger partial charge is 0.481 e. The number of hydrogen-bond acceptors (Lipinski definition) is 11. The fourth-order valence-corrected chi connectivity index (χ4v) is 7.69. The molecule has 2 rings (SSSR count). The van der Waals surface area contributed by atoms with Crippen LogP contribution in [0.4, 0.5) is 0 Å². The lowest BCUT2D eigenvalue weighted by molar-refractivity contribution is -0.141. The van der Waals surface area contributed by atoms with Gasteiger partial charge < -0.3 is 36.8 Å². The Labute approximate surface area is 336 Å². The van der Waals surface area contributed by atoms with Crippen molar-refractivity contribution >= 4 is 47.3 Å². The normalized spacial score (nSPS) is 18.6. The van der Waals surface area contributed by atoms with E-state index in [1.54, 1.807) is 20.2 Å². The smallest absolute Gasteiger partial charge is 0.305 e. The minimum absolute atomic E-state index is 0.0449. The number of likely N-dealkylation sites (N-methyl/N-ethyl adjacent to an activating group) is 2. The maximum absolute atomic E-state index is 14.3. The summed E-state index contributed by atoms with van der Waals surface area (Å²) in [4.78, 5) is 81.2. The number of aliphatic hydroxyl groups excluding tert-OH is 1. The number of aliphatic hydroxyl groups is 1. The first-order valence-corrected chi connectivity index (χ1v) is 20.1. The van der Waals surface area contributed by atoms with E-state index in [0.717, 1.165) is 10.5 Å². The molecule has 1 aliphatic rings. The highest BCUT2D eigenvalue weighted by Crippen LogP contribution is 2.29. The number of carbonyl (C=O) groups is 6. The molecule has 7 atom stereocenters. The van der Waals surface area contributed by atoms with Crippen LogP contribution in [0.15, 0.2) is 42.0 Å². The van der Waals surface area contributed by atoms with Crippen LogP contribution in [0.2, 0.25) is 0 Å². The van der Waals surface area contributed by atoms with E-state index in [2.05, 4.69) is 21.3 Å². The van der Waals surface area contributed by atoms with Gasteiger partial charge in [0.05, 0.1) is 29.8 Å². The molecule has 0 spiro atoms. The lowest BCUT2D eigenvalue weighted by Gasteiger charge is -2.40. The fourth-order valence-electron chi connectivity index (χ4n) is 6.63. The van der Waals surface area contributed by atoms with Gasteiger partial charge in [0.15, 0.2) is 0 Å². The lowest BCUT2D eigenvalue weighted by atomic mass is 9.76. The van der Waals surface area contributed by atoms with Gasteiger partial charge in [-0.05, 0) is 37.8 Å². The number of amides is 5. The van der Waals surface area contributed by atoms with E-state index in [-0.39, 0.29) is 60.7 Å². The van der Waals surface area contributed by atoms with E-state index < -0.39 is 64.8 Å². The molecule has 1 aromatic carbocycles. The highest BCUT2D eigenvalue weighted by atomic mass is 32.2. The zero-order chi connectivity index (χ0) is 42.7. The molecule has 0 aliphatic carbocycles. The van der Waals surface area contributed by atoms with Crippen molar-refractivity contribution in [1.29, 1.82) is 0 Å². The number of nitrogens with one attached hydrogen (secondary N) is 4. The molecular weight excluding hydrogens is 739 g/mol. The standard InChI is InChI=1S/C40H65N7O8S/c1-23(2)28(46(11)38(55)33(39(5,6)7)45-36(53)32(42-10)40(8,9)26-15-13-12-14-16-26)19-24(3)34(51)44-27(20-31(49)50)35(52)43-17-18-47-30(48)21-29(37(47)54)56-22-25(4)41/h12-16,19,23,25,27-29,32-33,35,42-43,52H,17-18,20-22,41H2,1-11H3,(H,44,51)(H,45,53)(H,49,50)/b24-19+/t25-,27?,28-,29?,32-,33-,35?/m1/s1. The zero-order valence-corrected chi connectivity index (χ0v) is 35.7. The average Bonchev–Trinajstić information content (AvgIpc) is 3.38. The average molecular weight is 804 g/mol. The SMILES string of the molecule is CN[C@H](C(=O)N[C@H](C(=O)N(C)[C@H](/C=C(\C)C(=O)NC(CC(=O)O)C(O)NCCN1C(=O)CC(SC[C@@H](C)N)C1=O)C(C)C)C(C)(C)C)C(C)(C)c1ccccc1. The van der Waals surface area contributed by atoms with E-state index in [9.17, 15) is 39.0 Å². The van der Waals surface area contributed by atoms with Crippen LogP contribution < -0.4 is 27.0 Å². The van der Waals surface area contributed by atoms with Crippen LogP contribution in [-0.2, 0) is 34.2 Å². The summed E-state index contributed by atoms with van der Waals surface area (Å²) >= 11 is 1.32. The van der Waals surface area contributed by atoms with Crippen LogP contribution >= 0.6 is 11.8 Å². The van der Waals surface area contributed by atoms with E-state index in [1.807, 2.05) is 85.7 Å². The molecule has 314 valence electrons. The van der Waals surface area contributed by atoms with Gasteiger partial charge in [-0.2, -0.15) is 0 Å². The Morgan fingerprint density at radius 2 is 1.64 bits per heavy atom. The molecule has 1 aliphatic heterocycles. The van der Waals surface area contributed by atoms with Gasteiger partial charge in [0.2, 0.25) is 29.5 Å². The summed E-state index contributed by atoms with van der Waals surface area (Å²) in [6.07, 6.45) is -0.502. The molecule has 8 N–H and O–H groups in total. The Hall–Kier alpha value is -3.83. The number of carbonyl (C=O) groups excluding carboxylic acids is 5. The third-order valence-electron chi connectivity index (χ3n) is 9.99. The molecule has 5 amide bonds. The minimum atomic E-state index is -1.53. The predicted molar refractivity (Wildman–Crippen MR) is 218 cm³/mol. The number of thioether (sulfide) groups is 1. The van der Waals surface area contributed by atoms with E-state index in [0.29, 0.717) is 5.75 Å². The van der Waals surface area contributed by atoms with Crippen LogP contribution in [0.25, 0.3) is 0 Å². The minimum Gasteiger partial charge on any atom is -0.481 e. The monoisotopic (exact) mass is 803 g/mol. The van der Waals surface area contributed by atoms with Crippen molar-refractivity contribution in [3.8, 4) is 0 Å². The quantitative estimate of drug-likeness (QED) is 0.0535. The lowest BCUT2D eigenvalue weighted by Crippen LogP contribution is -2.61. The van der Waals surface area contributed by atoms with Crippen LogP contribution in [0, 0.1) is 11.3 Å². The van der Waals surface area contributed by atoms with Crippen molar-refractivity contribution < 1.29 is 39.0 Å². The van der Waals surface area contributed by atoms with Gasteiger partial charge in [0.25, 0.3) is 0 Å². The van der Waals surface area contributed by atoms with E-state index >= 15 is 0 Å². The summed E-state index contributed by atoms with van der Waals surface area (Å²) in [6.45, 7) is 16.5. The number of benzene rings is 1. The van der Waals surface area contributed by atoms with Crippen molar-refractivity contribution in [2.24, 2.45) is 17.1 Å². The Kier molecular flexibility index (Phi) is 18.2. The van der Waals surface area contributed by atoms with Crippen molar-refractivity contribution in [1.82, 2.24) is 31.1 Å². The first-order chi connectivity index (χ1) is 25.9. The van der Waals surface area contributed by atoms with E-state index in [4.69, 9.17) is 5.73 Å². The molecule has 1 heterocycles. The molecule has 16 heteroatoms. The summed E-state index contributed by atoms with van der Waals surface area (Å²) in [7, 11) is 3.32. The van der Waals surface area contributed by atoms with Gasteiger partial charge in [-0.1, -0.05) is 84.9 Å². The number of imide groups is 1. The van der Waals surface area contributed by atoms with Gasteiger partial charge in [-0.3, -0.25) is 39.0 Å². The molecule has 0 radical (unpaired) electrons. The number of likely N-dealkylation sites (tertiary alicyclic amines) is 1. The Morgan fingerprint density at radius 1 is 1.04 bits per heavy atom. The Balaban J connectivity index is 2.20. The number of aliphatic carboxylic acids is 1. The molecule has 0 aromatic heterocycles. The summed E-state index contributed by atoms with van der Waals surface area (Å²) in [5.74, 6) is -3.00. The van der Waals surface area contributed by atoms with Gasteiger partial charge in [0, 0.05) is 49.3 Å². The van der Waals surface area contributed by atoms with Crippen molar-refractivity contribution in [3.63, 3.8) is 0 Å². The highest BCUT2D eigenvalue weighted by Gasteiger charge is 2.42. The maximum atomic E-state index is 14.3. The van der Waals surface area contributed by atoms with Crippen molar-refractivity contribution in [2.75, 3.05) is 32.9 Å². The number of carboxylic acid groups (broad SMARTS) is 1. The number of hydrogen-bond donors (Lipinski definition) is 7. The topological polar surface area (TPSA) is 224 Å². The van der Waals surface area contributed by atoms with Gasteiger partial charge in [0.1, 0.15) is 12.3 Å². The summed E-state index contributed by atoms with van der Waals surface area (Å²) in [5.41, 5.74) is 5.59.